The van der Waals surface area contributed by atoms with Gasteiger partial charge < -0.3 is 15.9 Å². The van der Waals surface area contributed by atoms with Gasteiger partial charge >= 0.3 is 0 Å². The summed E-state index contributed by atoms with van der Waals surface area (Å²) in [6.07, 6.45) is -0.699. The minimum absolute atomic E-state index is 0.180. The molecule has 0 aromatic carbocycles. The van der Waals surface area contributed by atoms with Crippen LogP contribution in [0.3, 0.4) is 0 Å². The average Bonchev–Trinajstić information content (AvgIpc) is 2.03. The van der Waals surface area contributed by atoms with Crippen LogP contribution in [0.2, 0.25) is 0 Å². The zero-order chi connectivity index (χ0) is 9.56. The second-order valence-corrected chi connectivity index (χ2v) is 3.75. The van der Waals surface area contributed by atoms with Crippen LogP contribution in [0.1, 0.15) is 6.92 Å². The van der Waals surface area contributed by atoms with Crippen LogP contribution in [0.5, 0.6) is 0 Å². The van der Waals surface area contributed by atoms with E-state index < -0.39 is 6.10 Å². The fraction of sp³-hybridized carbons (Fsp3) is 0.857. The lowest BCUT2D eigenvalue weighted by Gasteiger charge is -2.08. The number of aliphatic hydroxyl groups excluding tert-OH is 2. The molecule has 0 rings (SSSR count). The third-order valence-corrected chi connectivity index (χ3v) is 2.73. The Kier molecular flexibility index (Phi) is 6.14. The molecule has 0 saturated heterocycles. The highest BCUT2D eigenvalue weighted by atomic mass is 32.2. The van der Waals surface area contributed by atoms with Crippen molar-refractivity contribution in [2.75, 3.05) is 18.1 Å². The van der Waals surface area contributed by atoms with Crippen LogP contribution in [0.15, 0.2) is 0 Å². The molecule has 0 aliphatic carbocycles. The molecule has 4 nitrogen and oxygen atoms in total. The van der Waals surface area contributed by atoms with Crippen molar-refractivity contribution in [3.63, 3.8) is 0 Å². The van der Waals surface area contributed by atoms with E-state index in [1.54, 1.807) is 6.92 Å². The predicted molar refractivity (Wildman–Crippen MR) is 48.8 cm³/mol. The number of carbonyl (C=O) groups excluding carboxylic acids is 1. The molecule has 0 saturated carbocycles. The number of primary amides is 1. The number of amides is 1. The molecule has 0 aliphatic heterocycles. The Morgan fingerprint density at radius 3 is 2.58 bits per heavy atom. The number of aliphatic hydroxyl groups is 2. The van der Waals surface area contributed by atoms with Gasteiger partial charge in [-0.05, 0) is 0 Å². The van der Waals surface area contributed by atoms with Crippen molar-refractivity contribution >= 4 is 17.7 Å². The van der Waals surface area contributed by atoms with Crippen molar-refractivity contribution in [3.8, 4) is 0 Å². The van der Waals surface area contributed by atoms with Gasteiger partial charge in [-0.2, -0.15) is 11.8 Å². The molecule has 2 unspecified atom stereocenters. The normalized spacial score (nSPS) is 15.6. The molecular weight excluding hydrogens is 178 g/mol. The summed E-state index contributed by atoms with van der Waals surface area (Å²) in [5, 5.41) is 17.4. The fourth-order valence-electron chi connectivity index (χ4n) is 0.516. The van der Waals surface area contributed by atoms with E-state index in [0.717, 1.165) is 0 Å². The summed E-state index contributed by atoms with van der Waals surface area (Å²) in [6, 6.07) is 0. The Balaban J connectivity index is 3.37. The summed E-state index contributed by atoms with van der Waals surface area (Å²) in [5.74, 6) is 0.516. The van der Waals surface area contributed by atoms with Crippen LogP contribution in [-0.4, -0.2) is 40.3 Å². The number of hydrogen-bond acceptors (Lipinski definition) is 4. The van der Waals surface area contributed by atoms with E-state index in [-0.39, 0.29) is 18.4 Å². The fourth-order valence-corrected chi connectivity index (χ4v) is 1.55. The molecule has 0 heterocycles. The summed E-state index contributed by atoms with van der Waals surface area (Å²) in [7, 11) is 0. The number of rotatable bonds is 6. The lowest BCUT2D eigenvalue weighted by molar-refractivity contribution is -0.120. The third kappa shape index (κ3) is 5.40. The summed E-state index contributed by atoms with van der Waals surface area (Å²) >= 11 is 1.41. The largest absolute Gasteiger partial charge is 0.394 e. The Morgan fingerprint density at radius 2 is 2.17 bits per heavy atom. The first-order chi connectivity index (χ1) is 5.57. The molecule has 5 heteroatoms. The van der Waals surface area contributed by atoms with Crippen molar-refractivity contribution in [2.24, 2.45) is 11.7 Å². The van der Waals surface area contributed by atoms with Gasteiger partial charge in [0, 0.05) is 17.4 Å². The molecule has 0 fully saturated rings. The first kappa shape index (κ1) is 11.7. The minimum atomic E-state index is -0.699. The highest BCUT2D eigenvalue weighted by Gasteiger charge is 2.09. The van der Waals surface area contributed by atoms with Gasteiger partial charge in [-0.1, -0.05) is 6.92 Å². The maximum absolute atomic E-state index is 10.5. The van der Waals surface area contributed by atoms with E-state index in [4.69, 9.17) is 15.9 Å². The van der Waals surface area contributed by atoms with Gasteiger partial charge in [-0.3, -0.25) is 4.79 Å². The second-order valence-electron chi connectivity index (χ2n) is 2.68. The number of hydrogen-bond donors (Lipinski definition) is 3. The molecule has 2 atom stereocenters. The summed E-state index contributed by atoms with van der Waals surface area (Å²) in [5.41, 5.74) is 5.02. The topological polar surface area (TPSA) is 83.6 Å². The smallest absolute Gasteiger partial charge is 0.221 e. The summed E-state index contributed by atoms with van der Waals surface area (Å²) in [4.78, 5) is 10.5. The maximum Gasteiger partial charge on any atom is 0.221 e. The standard InChI is InChI=1S/C7H15NO3S/c1-5(7(8)11)3-12-4-6(10)2-9/h5-6,9-10H,2-4H2,1H3,(H2,8,11). The molecule has 0 spiro atoms. The molecule has 0 aromatic heterocycles. The monoisotopic (exact) mass is 193 g/mol. The lowest BCUT2D eigenvalue weighted by atomic mass is 10.2. The molecule has 0 aromatic rings. The first-order valence-electron chi connectivity index (χ1n) is 3.74. The Hall–Kier alpha value is -0.260. The zero-order valence-electron chi connectivity index (χ0n) is 7.06. The highest BCUT2D eigenvalue weighted by molar-refractivity contribution is 7.99. The Morgan fingerprint density at radius 1 is 1.58 bits per heavy atom. The van der Waals surface area contributed by atoms with Crippen molar-refractivity contribution in [1.82, 2.24) is 0 Å². The van der Waals surface area contributed by atoms with Gasteiger partial charge in [0.25, 0.3) is 0 Å². The molecule has 4 N–H and O–H groups in total. The molecule has 0 aliphatic rings. The molecule has 0 radical (unpaired) electrons. The van der Waals surface area contributed by atoms with Crippen molar-refractivity contribution in [2.45, 2.75) is 13.0 Å². The highest BCUT2D eigenvalue weighted by Crippen LogP contribution is 2.08. The van der Waals surface area contributed by atoms with Gasteiger partial charge in [0.1, 0.15) is 0 Å². The third-order valence-electron chi connectivity index (χ3n) is 1.37. The Bertz CT molecular complexity index is 143. The van der Waals surface area contributed by atoms with Crippen molar-refractivity contribution in [1.29, 1.82) is 0 Å². The molecule has 1 amide bonds. The Labute approximate surface area is 76.1 Å². The molecule has 12 heavy (non-hydrogen) atoms. The van der Waals surface area contributed by atoms with Gasteiger partial charge in [-0.15, -0.1) is 0 Å². The van der Waals surface area contributed by atoms with Crippen LogP contribution < -0.4 is 5.73 Å². The van der Waals surface area contributed by atoms with Crippen LogP contribution in [0, 0.1) is 5.92 Å². The molecule has 0 bridgehead atoms. The van der Waals surface area contributed by atoms with E-state index >= 15 is 0 Å². The van der Waals surface area contributed by atoms with E-state index in [9.17, 15) is 4.79 Å². The van der Waals surface area contributed by atoms with Gasteiger partial charge in [0.2, 0.25) is 5.91 Å². The minimum Gasteiger partial charge on any atom is -0.394 e. The van der Waals surface area contributed by atoms with Crippen LogP contribution in [-0.2, 0) is 4.79 Å². The van der Waals surface area contributed by atoms with E-state index in [2.05, 4.69) is 0 Å². The zero-order valence-corrected chi connectivity index (χ0v) is 7.88. The average molecular weight is 193 g/mol. The predicted octanol–water partition coefficient (Wildman–Crippen LogP) is -0.806. The maximum atomic E-state index is 10.5. The second kappa shape index (κ2) is 6.28. The van der Waals surface area contributed by atoms with Crippen LogP contribution in [0.25, 0.3) is 0 Å². The van der Waals surface area contributed by atoms with E-state index in [1.165, 1.54) is 11.8 Å². The van der Waals surface area contributed by atoms with Gasteiger partial charge in [0.05, 0.1) is 12.7 Å². The van der Waals surface area contributed by atoms with Crippen molar-refractivity contribution < 1.29 is 15.0 Å². The van der Waals surface area contributed by atoms with Gasteiger partial charge in [0.15, 0.2) is 0 Å². The molecular formula is C7H15NO3S. The van der Waals surface area contributed by atoms with E-state index in [0.29, 0.717) is 11.5 Å². The number of nitrogens with two attached hydrogens (primary N) is 1. The SMILES string of the molecule is CC(CSCC(O)CO)C(N)=O. The van der Waals surface area contributed by atoms with Crippen molar-refractivity contribution in [3.05, 3.63) is 0 Å². The summed E-state index contributed by atoms with van der Waals surface area (Å²) in [6.45, 7) is 1.50. The number of carbonyl (C=O) groups is 1. The quantitative estimate of drug-likeness (QED) is 0.515. The van der Waals surface area contributed by atoms with Crippen LogP contribution >= 0.6 is 11.8 Å². The lowest BCUT2D eigenvalue weighted by Crippen LogP contribution is -2.23. The van der Waals surface area contributed by atoms with Gasteiger partial charge in [-0.25, -0.2) is 0 Å². The van der Waals surface area contributed by atoms with E-state index in [1.807, 2.05) is 0 Å². The van der Waals surface area contributed by atoms with Crippen LogP contribution in [0.4, 0.5) is 0 Å². The molecule has 72 valence electrons. The first-order valence-corrected chi connectivity index (χ1v) is 4.89. The summed E-state index contributed by atoms with van der Waals surface area (Å²) < 4.78 is 0. The number of thioether (sulfide) groups is 1.